The van der Waals surface area contributed by atoms with Gasteiger partial charge in [0.15, 0.2) is 0 Å². The molecule has 0 N–H and O–H groups in total. The summed E-state index contributed by atoms with van der Waals surface area (Å²) < 4.78 is 25.7. The van der Waals surface area contributed by atoms with Crippen molar-refractivity contribution in [2.45, 2.75) is 18.2 Å². The van der Waals surface area contributed by atoms with E-state index in [-0.39, 0.29) is 11.4 Å². The first-order chi connectivity index (χ1) is 8.56. The second kappa shape index (κ2) is 6.79. The Balaban J connectivity index is 3.01. The third kappa shape index (κ3) is 3.49. The highest BCUT2D eigenvalue weighted by Crippen LogP contribution is 2.16. The third-order valence-corrected chi connectivity index (χ3v) is 4.69. The molecular weight excluding hydrogens is 270 g/mol. The molecule has 98 valence electrons. The Bertz CT molecular complexity index is 517. The minimum absolute atomic E-state index is 0.0856. The molecule has 0 unspecified atom stereocenters. The molecule has 18 heavy (non-hydrogen) atoms. The van der Waals surface area contributed by atoms with Gasteiger partial charge in [-0.15, -0.1) is 18.0 Å². The predicted molar refractivity (Wildman–Crippen MR) is 74.1 cm³/mol. The number of alkyl halides is 1. The zero-order valence-electron chi connectivity index (χ0n) is 10.3. The fourth-order valence-corrected chi connectivity index (χ4v) is 3.14. The third-order valence-electron chi connectivity index (χ3n) is 2.56. The summed E-state index contributed by atoms with van der Waals surface area (Å²) in [4.78, 5) is 0.262. The molecule has 0 amide bonds. The molecule has 1 aromatic rings. The van der Waals surface area contributed by atoms with Crippen LogP contribution in [0.3, 0.4) is 0 Å². The van der Waals surface area contributed by atoms with E-state index in [1.807, 2.05) is 0 Å². The van der Waals surface area contributed by atoms with Crippen LogP contribution in [-0.2, 0) is 16.4 Å². The van der Waals surface area contributed by atoms with Crippen LogP contribution in [0.15, 0.2) is 29.2 Å². The van der Waals surface area contributed by atoms with Crippen LogP contribution >= 0.6 is 11.6 Å². The Labute approximate surface area is 114 Å². The molecule has 1 rings (SSSR count). The average Bonchev–Trinajstić information content (AvgIpc) is 2.36. The molecule has 0 aliphatic heterocycles. The molecule has 0 atom stereocenters. The second-order valence-electron chi connectivity index (χ2n) is 3.72. The lowest BCUT2D eigenvalue weighted by atomic mass is 10.2. The van der Waals surface area contributed by atoms with Crippen molar-refractivity contribution in [1.82, 2.24) is 4.31 Å². The van der Waals surface area contributed by atoms with Crippen molar-refractivity contribution >= 4 is 21.6 Å². The van der Waals surface area contributed by atoms with E-state index in [0.717, 1.165) is 12.0 Å². The van der Waals surface area contributed by atoms with E-state index in [2.05, 4.69) is 5.92 Å². The van der Waals surface area contributed by atoms with Crippen molar-refractivity contribution in [3.63, 3.8) is 0 Å². The second-order valence-corrected chi connectivity index (χ2v) is 6.03. The summed E-state index contributed by atoms with van der Waals surface area (Å²) in [5.74, 6) is 2.87. The zero-order chi connectivity index (χ0) is 13.6. The summed E-state index contributed by atoms with van der Waals surface area (Å²) in [6, 6.07) is 6.74. The molecule has 0 aliphatic rings. The van der Waals surface area contributed by atoms with Crippen LogP contribution in [0.4, 0.5) is 0 Å². The maximum absolute atomic E-state index is 12.2. The number of rotatable bonds is 6. The van der Waals surface area contributed by atoms with E-state index in [9.17, 15) is 8.42 Å². The van der Waals surface area contributed by atoms with Gasteiger partial charge in [-0.2, -0.15) is 4.31 Å². The topological polar surface area (TPSA) is 37.4 Å². The van der Waals surface area contributed by atoms with Crippen LogP contribution in [0.1, 0.15) is 12.5 Å². The highest BCUT2D eigenvalue weighted by atomic mass is 35.5. The molecule has 0 fully saturated rings. The lowest BCUT2D eigenvalue weighted by Crippen LogP contribution is -2.31. The van der Waals surface area contributed by atoms with Crippen LogP contribution in [0.25, 0.3) is 0 Å². The molecule has 0 aromatic heterocycles. The SMILES string of the molecule is C#CCN(CC)S(=O)(=O)c1ccc(CCCl)cc1. The summed E-state index contributed by atoms with van der Waals surface area (Å²) in [5, 5.41) is 0. The van der Waals surface area contributed by atoms with E-state index < -0.39 is 10.0 Å². The Hall–Kier alpha value is -1.02. The minimum atomic E-state index is -3.49. The summed E-state index contributed by atoms with van der Waals surface area (Å²) in [6.45, 7) is 2.20. The van der Waals surface area contributed by atoms with Gasteiger partial charge in [0.05, 0.1) is 11.4 Å². The maximum Gasteiger partial charge on any atom is 0.243 e. The molecular formula is C13H16ClNO2S. The number of halogens is 1. The van der Waals surface area contributed by atoms with Crippen LogP contribution in [0.2, 0.25) is 0 Å². The minimum Gasteiger partial charge on any atom is -0.207 e. The first kappa shape index (κ1) is 15.0. The normalized spacial score (nSPS) is 11.4. The van der Waals surface area contributed by atoms with Gasteiger partial charge < -0.3 is 0 Å². The first-order valence-corrected chi connectivity index (χ1v) is 7.62. The molecule has 0 saturated heterocycles. The lowest BCUT2D eigenvalue weighted by Gasteiger charge is -2.17. The number of aryl methyl sites for hydroxylation is 1. The number of sulfonamides is 1. The number of benzene rings is 1. The van der Waals surface area contributed by atoms with Crippen LogP contribution in [0, 0.1) is 12.3 Å². The van der Waals surface area contributed by atoms with Gasteiger partial charge in [0.2, 0.25) is 10.0 Å². The standard InChI is InChI=1S/C13H16ClNO2S/c1-3-11-15(4-2)18(16,17)13-7-5-12(6-8-13)9-10-14/h1,5-8H,4,9-11H2,2H3. The van der Waals surface area contributed by atoms with Crippen LogP contribution < -0.4 is 0 Å². The van der Waals surface area contributed by atoms with E-state index in [0.29, 0.717) is 12.4 Å². The molecule has 1 aromatic carbocycles. The van der Waals surface area contributed by atoms with Crippen molar-refractivity contribution in [3.8, 4) is 12.3 Å². The zero-order valence-corrected chi connectivity index (χ0v) is 11.8. The predicted octanol–water partition coefficient (Wildman–Crippen LogP) is 2.11. The number of hydrogen-bond acceptors (Lipinski definition) is 2. The average molecular weight is 286 g/mol. The quantitative estimate of drug-likeness (QED) is 0.593. The molecule has 0 aliphatic carbocycles. The van der Waals surface area contributed by atoms with E-state index in [1.54, 1.807) is 31.2 Å². The Morgan fingerprint density at radius 1 is 1.33 bits per heavy atom. The van der Waals surface area contributed by atoms with Gasteiger partial charge in [0, 0.05) is 12.4 Å². The fraction of sp³-hybridized carbons (Fsp3) is 0.385. The van der Waals surface area contributed by atoms with E-state index >= 15 is 0 Å². The molecule has 5 heteroatoms. The van der Waals surface area contributed by atoms with Gasteiger partial charge in [0.1, 0.15) is 0 Å². The Kier molecular flexibility index (Phi) is 5.67. The van der Waals surface area contributed by atoms with Crippen molar-refractivity contribution in [2.24, 2.45) is 0 Å². The summed E-state index contributed by atoms with van der Waals surface area (Å²) in [7, 11) is -3.49. The van der Waals surface area contributed by atoms with Crippen LogP contribution in [0.5, 0.6) is 0 Å². The number of terminal acetylenes is 1. The van der Waals surface area contributed by atoms with Crippen molar-refractivity contribution in [3.05, 3.63) is 29.8 Å². The molecule has 3 nitrogen and oxygen atoms in total. The summed E-state index contributed by atoms with van der Waals surface area (Å²) in [6.07, 6.45) is 5.90. The number of nitrogens with zero attached hydrogens (tertiary/aromatic N) is 1. The molecule has 0 radical (unpaired) electrons. The summed E-state index contributed by atoms with van der Waals surface area (Å²) in [5.41, 5.74) is 1.02. The largest absolute Gasteiger partial charge is 0.243 e. The van der Waals surface area contributed by atoms with Crippen molar-refractivity contribution in [1.29, 1.82) is 0 Å². The van der Waals surface area contributed by atoms with Crippen molar-refractivity contribution < 1.29 is 8.42 Å². The lowest BCUT2D eigenvalue weighted by molar-refractivity contribution is 0.464. The van der Waals surface area contributed by atoms with Crippen molar-refractivity contribution in [2.75, 3.05) is 19.0 Å². The highest BCUT2D eigenvalue weighted by molar-refractivity contribution is 7.89. The Morgan fingerprint density at radius 2 is 1.94 bits per heavy atom. The van der Waals surface area contributed by atoms with Gasteiger partial charge >= 0.3 is 0 Å². The summed E-state index contributed by atoms with van der Waals surface area (Å²) >= 11 is 5.63. The van der Waals surface area contributed by atoms with Crippen LogP contribution in [-0.4, -0.2) is 31.7 Å². The van der Waals surface area contributed by atoms with Gasteiger partial charge in [-0.3, -0.25) is 0 Å². The molecule has 0 heterocycles. The molecule has 0 bridgehead atoms. The van der Waals surface area contributed by atoms with E-state index in [4.69, 9.17) is 18.0 Å². The maximum atomic E-state index is 12.2. The van der Waals surface area contributed by atoms with Gasteiger partial charge in [-0.25, -0.2) is 8.42 Å². The van der Waals surface area contributed by atoms with Gasteiger partial charge in [-0.1, -0.05) is 25.0 Å². The number of hydrogen-bond donors (Lipinski definition) is 0. The van der Waals surface area contributed by atoms with Gasteiger partial charge in [0.25, 0.3) is 0 Å². The monoisotopic (exact) mass is 285 g/mol. The first-order valence-electron chi connectivity index (χ1n) is 5.64. The molecule has 0 spiro atoms. The smallest absolute Gasteiger partial charge is 0.207 e. The Morgan fingerprint density at radius 3 is 2.39 bits per heavy atom. The fourth-order valence-electron chi connectivity index (χ4n) is 1.55. The van der Waals surface area contributed by atoms with Gasteiger partial charge in [-0.05, 0) is 24.1 Å². The molecule has 0 saturated carbocycles. The highest BCUT2D eigenvalue weighted by Gasteiger charge is 2.21. The van der Waals surface area contributed by atoms with E-state index in [1.165, 1.54) is 4.31 Å².